The number of fused-ring (bicyclic) bond motifs is 5. The first-order chi connectivity index (χ1) is 22.0. The highest BCUT2D eigenvalue weighted by Gasteiger charge is 2.38. The average Bonchev–Trinajstić information content (AvgIpc) is 3.30. The van der Waals surface area contributed by atoms with Gasteiger partial charge in [0.1, 0.15) is 0 Å². The third kappa shape index (κ3) is 5.03. The molecule has 0 aromatic heterocycles. The molecule has 1 aliphatic heterocycles. The lowest BCUT2D eigenvalue weighted by atomic mass is 9.81. The van der Waals surface area contributed by atoms with Crippen molar-refractivity contribution in [3.05, 3.63) is 191 Å². The Balaban J connectivity index is 1.36. The van der Waals surface area contributed by atoms with Crippen LogP contribution in [0.25, 0.3) is 22.3 Å². The average molecular weight is 579 g/mol. The van der Waals surface area contributed by atoms with E-state index in [4.69, 9.17) is 0 Å². The van der Waals surface area contributed by atoms with Gasteiger partial charge in [-0.05, 0) is 92.9 Å². The smallest absolute Gasteiger partial charge is 0.0991 e. The summed E-state index contributed by atoms with van der Waals surface area (Å²) in [6.45, 7) is 9.20. The van der Waals surface area contributed by atoms with E-state index in [2.05, 4.69) is 153 Å². The molecule has 0 radical (unpaired) electrons. The van der Waals surface area contributed by atoms with E-state index in [-0.39, 0.29) is 5.41 Å². The highest BCUT2D eigenvalue weighted by molar-refractivity contribution is 5.99. The van der Waals surface area contributed by atoms with Gasteiger partial charge in [0.2, 0.25) is 0 Å². The molecule has 0 N–H and O–H groups in total. The van der Waals surface area contributed by atoms with Gasteiger partial charge in [0.25, 0.3) is 0 Å². The van der Waals surface area contributed by atoms with Crippen molar-refractivity contribution >= 4 is 22.5 Å². The van der Waals surface area contributed by atoms with Crippen LogP contribution in [0.5, 0.6) is 0 Å². The fraction of sp³-hybridized carbons (Fsp3) is 0.0930. The van der Waals surface area contributed by atoms with Gasteiger partial charge in [0.05, 0.1) is 17.3 Å². The monoisotopic (exact) mass is 578 g/mol. The summed E-state index contributed by atoms with van der Waals surface area (Å²) in [5.41, 5.74) is 14.8. The molecule has 0 saturated heterocycles. The lowest BCUT2D eigenvalue weighted by Crippen LogP contribution is -2.16. The van der Waals surface area contributed by atoms with E-state index in [1.807, 2.05) is 24.3 Å². The van der Waals surface area contributed by atoms with Gasteiger partial charge in [0, 0.05) is 22.9 Å². The Hall–Kier alpha value is -5.65. The maximum atomic E-state index is 9.41. The molecule has 0 saturated carbocycles. The van der Waals surface area contributed by atoms with E-state index < -0.39 is 0 Å². The number of rotatable bonds is 5. The van der Waals surface area contributed by atoms with Gasteiger partial charge in [-0.1, -0.05) is 124 Å². The molecule has 0 fully saturated rings. The van der Waals surface area contributed by atoms with Gasteiger partial charge >= 0.3 is 0 Å². The van der Waals surface area contributed by atoms with Crippen LogP contribution in [0.3, 0.4) is 0 Å². The Bertz CT molecular complexity index is 2080. The number of benzene rings is 5. The first kappa shape index (κ1) is 28.1. The molecule has 45 heavy (non-hydrogen) atoms. The normalized spacial score (nSPS) is 16.1. The predicted octanol–water partition coefficient (Wildman–Crippen LogP) is 10.8. The summed E-state index contributed by atoms with van der Waals surface area (Å²) in [4.78, 5) is 2.29. The fourth-order valence-corrected chi connectivity index (χ4v) is 6.84. The van der Waals surface area contributed by atoms with E-state index in [1.165, 1.54) is 27.8 Å². The van der Waals surface area contributed by atoms with Gasteiger partial charge in [-0.15, -0.1) is 0 Å². The summed E-state index contributed by atoms with van der Waals surface area (Å²) in [6, 6.07) is 42.8. The molecule has 5 aromatic carbocycles. The molecule has 0 amide bonds. The lowest BCUT2D eigenvalue weighted by molar-refractivity contribution is 0.660. The Morgan fingerprint density at radius 1 is 0.778 bits per heavy atom. The second-order valence-electron chi connectivity index (χ2n) is 12.2. The zero-order valence-electron chi connectivity index (χ0n) is 25.7. The van der Waals surface area contributed by atoms with Crippen LogP contribution in [0.2, 0.25) is 0 Å². The van der Waals surface area contributed by atoms with Crippen molar-refractivity contribution in [2.45, 2.75) is 25.7 Å². The summed E-state index contributed by atoms with van der Waals surface area (Å²) in [7, 11) is 0. The van der Waals surface area contributed by atoms with Crippen LogP contribution in [-0.4, -0.2) is 0 Å². The minimum absolute atomic E-state index is 0.0873. The second kappa shape index (κ2) is 11.5. The summed E-state index contributed by atoms with van der Waals surface area (Å²) in [5, 5.41) is 9.41. The maximum Gasteiger partial charge on any atom is 0.0991 e. The standard InChI is InChI=1S/C43H34N2/c1-30-13-9-10-26-45(40-25-24-39-42(41(30)40)37-20-7-8-21-38(37)43(39,2)3)35-19-12-18-34(28-35)36(33-16-5-4-6-17-33)23-22-31-14-11-15-32(27-31)29-44/h4-21,23-28H,1,22H2,2-3H3/b13-9-,26-10-,36-23-. The minimum atomic E-state index is -0.0873. The van der Waals surface area contributed by atoms with Crippen molar-refractivity contribution in [3.8, 4) is 17.2 Å². The third-order valence-corrected chi connectivity index (χ3v) is 9.07. The molecule has 0 unspecified atom stereocenters. The van der Waals surface area contributed by atoms with Crippen LogP contribution in [0.4, 0.5) is 11.4 Å². The zero-order valence-corrected chi connectivity index (χ0v) is 25.7. The Morgan fingerprint density at radius 2 is 1.56 bits per heavy atom. The van der Waals surface area contributed by atoms with Crippen molar-refractivity contribution in [1.29, 1.82) is 5.26 Å². The Labute approximate surface area is 266 Å². The minimum Gasteiger partial charge on any atom is -0.317 e. The molecule has 2 aliphatic rings. The summed E-state index contributed by atoms with van der Waals surface area (Å²) < 4.78 is 0. The van der Waals surface area contributed by atoms with Gasteiger partial charge in [-0.2, -0.15) is 5.26 Å². The van der Waals surface area contributed by atoms with Crippen molar-refractivity contribution in [2.75, 3.05) is 4.90 Å². The first-order valence-electron chi connectivity index (χ1n) is 15.4. The first-order valence-corrected chi connectivity index (χ1v) is 15.4. The van der Waals surface area contributed by atoms with Crippen LogP contribution in [-0.2, 0) is 11.8 Å². The molecular formula is C43H34N2. The molecular weight excluding hydrogens is 544 g/mol. The van der Waals surface area contributed by atoms with Crippen molar-refractivity contribution in [3.63, 3.8) is 0 Å². The molecule has 1 aliphatic carbocycles. The van der Waals surface area contributed by atoms with Crippen LogP contribution in [0.15, 0.2) is 152 Å². The zero-order chi connectivity index (χ0) is 31.0. The largest absolute Gasteiger partial charge is 0.317 e. The van der Waals surface area contributed by atoms with Crippen molar-refractivity contribution < 1.29 is 0 Å². The number of anilines is 2. The van der Waals surface area contributed by atoms with E-state index in [9.17, 15) is 5.26 Å². The van der Waals surface area contributed by atoms with E-state index in [0.717, 1.165) is 45.6 Å². The van der Waals surface area contributed by atoms with Gasteiger partial charge < -0.3 is 4.90 Å². The number of hydrogen-bond acceptors (Lipinski definition) is 2. The molecule has 0 bridgehead atoms. The summed E-state index contributed by atoms with van der Waals surface area (Å²) >= 11 is 0. The number of nitriles is 1. The quantitative estimate of drug-likeness (QED) is 0.207. The van der Waals surface area contributed by atoms with E-state index >= 15 is 0 Å². The van der Waals surface area contributed by atoms with E-state index in [0.29, 0.717) is 5.56 Å². The fourth-order valence-electron chi connectivity index (χ4n) is 6.84. The SMILES string of the molecule is C=C1/C=C\C=C/N(c2cccc(/C(=C\Cc3cccc(C#N)c3)c3ccccc3)c2)c2ccc3c(c21)-c1ccccc1C3(C)C. The van der Waals surface area contributed by atoms with Crippen LogP contribution in [0.1, 0.15) is 52.8 Å². The Morgan fingerprint density at radius 3 is 2.40 bits per heavy atom. The molecule has 2 heteroatoms. The molecule has 0 atom stereocenters. The molecule has 7 rings (SSSR count). The molecule has 1 heterocycles. The van der Waals surface area contributed by atoms with Gasteiger partial charge in [0.15, 0.2) is 0 Å². The molecule has 2 nitrogen and oxygen atoms in total. The predicted molar refractivity (Wildman–Crippen MR) is 188 cm³/mol. The van der Waals surface area contributed by atoms with Crippen LogP contribution < -0.4 is 4.90 Å². The number of hydrogen-bond donors (Lipinski definition) is 0. The molecule has 0 spiro atoms. The third-order valence-electron chi connectivity index (χ3n) is 9.07. The molecule has 216 valence electrons. The summed E-state index contributed by atoms with van der Waals surface area (Å²) in [6.07, 6.45) is 11.4. The van der Waals surface area contributed by atoms with Crippen LogP contribution in [0, 0.1) is 11.3 Å². The second-order valence-corrected chi connectivity index (χ2v) is 12.2. The number of allylic oxidation sites excluding steroid dienone is 5. The molecule has 5 aromatic rings. The van der Waals surface area contributed by atoms with Crippen LogP contribution >= 0.6 is 0 Å². The Kier molecular flexibility index (Phi) is 7.16. The van der Waals surface area contributed by atoms with E-state index in [1.54, 1.807) is 0 Å². The number of nitrogens with zero attached hydrogens (tertiary/aromatic N) is 2. The van der Waals surface area contributed by atoms with Crippen molar-refractivity contribution in [1.82, 2.24) is 0 Å². The maximum absolute atomic E-state index is 9.41. The van der Waals surface area contributed by atoms with Gasteiger partial charge in [-0.25, -0.2) is 0 Å². The lowest BCUT2D eigenvalue weighted by Gasteiger charge is -2.29. The topological polar surface area (TPSA) is 27.0 Å². The van der Waals surface area contributed by atoms with Gasteiger partial charge in [-0.3, -0.25) is 0 Å². The summed E-state index contributed by atoms with van der Waals surface area (Å²) in [5.74, 6) is 0. The highest BCUT2D eigenvalue weighted by atomic mass is 15.1. The van der Waals surface area contributed by atoms with Crippen molar-refractivity contribution in [2.24, 2.45) is 0 Å². The highest BCUT2D eigenvalue weighted by Crippen LogP contribution is 2.54.